The third-order valence-electron chi connectivity index (χ3n) is 4.19. The molecule has 1 amide bonds. The Kier molecular flexibility index (Phi) is 4.49. The number of β-amino-alcohol motifs (C(OH)–C–C–N with tert-alkyl or cyclic N) is 1. The van der Waals surface area contributed by atoms with Crippen molar-refractivity contribution in [1.29, 1.82) is 0 Å². The van der Waals surface area contributed by atoms with Crippen molar-refractivity contribution in [3.63, 3.8) is 0 Å². The highest BCUT2D eigenvalue weighted by molar-refractivity contribution is 5.97. The summed E-state index contributed by atoms with van der Waals surface area (Å²) in [5.74, 6) is -1.19. The Balaban J connectivity index is 1.99. The van der Waals surface area contributed by atoms with E-state index in [2.05, 4.69) is 0 Å². The normalized spacial score (nSPS) is 20.2. The molecule has 2 atom stereocenters. The molecule has 0 unspecified atom stereocenters. The van der Waals surface area contributed by atoms with Gasteiger partial charge in [0.05, 0.1) is 24.8 Å². The number of likely N-dealkylation sites (tertiary alicyclic amines) is 1. The molecule has 4 nitrogen and oxygen atoms in total. The van der Waals surface area contributed by atoms with E-state index in [-0.39, 0.29) is 18.5 Å². The van der Waals surface area contributed by atoms with Crippen LogP contribution in [0.25, 0.3) is 0 Å². The van der Waals surface area contributed by atoms with Gasteiger partial charge in [-0.15, -0.1) is 0 Å². The van der Waals surface area contributed by atoms with Crippen molar-refractivity contribution in [3.05, 3.63) is 65.2 Å². The lowest BCUT2D eigenvalue weighted by Crippen LogP contribution is -2.32. The molecule has 0 aromatic heterocycles. The first-order valence-electron chi connectivity index (χ1n) is 7.58. The molecule has 1 heterocycles. The summed E-state index contributed by atoms with van der Waals surface area (Å²) in [4.78, 5) is 14.2. The number of aliphatic hydroxyl groups excluding tert-OH is 1. The number of halogens is 2. The summed E-state index contributed by atoms with van der Waals surface area (Å²) in [6, 6.07) is 9.08. The minimum atomic E-state index is -0.795. The van der Waals surface area contributed by atoms with Crippen molar-refractivity contribution in [1.82, 2.24) is 4.90 Å². The minimum absolute atomic E-state index is 0.0531. The van der Waals surface area contributed by atoms with E-state index in [4.69, 9.17) is 4.74 Å². The zero-order valence-electron chi connectivity index (χ0n) is 13.1. The van der Waals surface area contributed by atoms with E-state index >= 15 is 0 Å². The highest BCUT2D eigenvalue weighted by Gasteiger charge is 2.38. The quantitative estimate of drug-likeness (QED) is 0.940. The van der Waals surface area contributed by atoms with Crippen LogP contribution in [-0.2, 0) is 0 Å². The Bertz CT molecular complexity index is 766. The van der Waals surface area contributed by atoms with Crippen LogP contribution in [0.15, 0.2) is 42.5 Å². The van der Waals surface area contributed by atoms with Gasteiger partial charge in [0.15, 0.2) is 0 Å². The third-order valence-corrected chi connectivity index (χ3v) is 4.19. The van der Waals surface area contributed by atoms with Gasteiger partial charge in [0.25, 0.3) is 5.91 Å². The highest BCUT2D eigenvalue weighted by atomic mass is 19.1. The van der Waals surface area contributed by atoms with Crippen molar-refractivity contribution in [2.75, 3.05) is 13.7 Å². The van der Waals surface area contributed by atoms with E-state index < -0.39 is 29.7 Å². The van der Waals surface area contributed by atoms with Crippen molar-refractivity contribution in [3.8, 4) is 5.75 Å². The number of methoxy groups -OCH3 is 1. The van der Waals surface area contributed by atoms with Gasteiger partial charge in [-0.1, -0.05) is 12.1 Å². The number of carbonyl (C=O) groups is 1. The molecule has 1 aliphatic rings. The number of aliphatic hydroxyl groups is 1. The van der Waals surface area contributed by atoms with Gasteiger partial charge >= 0.3 is 0 Å². The highest BCUT2D eigenvalue weighted by Crippen LogP contribution is 2.36. The fourth-order valence-electron chi connectivity index (χ4n) is 3.08. The zero-order chi connectivity index (χ0) is 17.3. The molecule has 0 spiro atoms. The van der Waals surface area contributed by atoms with Gasteiger partial charge in [-0.3, -0.25) is 4.79 Å². The topological polar surface area (TPSA) is 49.8 Å². The number of ether oxygens (including phenoxy) is 1. The molecule has 1 fully saturated rings. The molecule has 24 heavy (non-hydrogen) atoms. The number of para-hydroxylation sites is 1. The molecule has 3 rings (SSSR count). The molecule has 0 aliphatic carbocycles. The first-order valence-corrected chi connectivity index (χ1v) is 7.58. The van der Waals surface area contributed by atoms with E-state index in [0.29, 0.717) is 11.3 Å². The van der Waals surface area contributed by atoms with Crippen molar-refractivity contribution in [2.45, 2.75) is 18.6 Å². The second kappa shape index (κ2) is 6.57. The monoisotopic (exact) mass is 333 g/mol. The van der Waals surface area contributed by atoms with Crippen LogP contribution in [-0.4, -0.2) is 35.7 Å². The number of carbonyl (C=O) groups excluding carboxylic acids is 1. The minimum Gasteiger partial charge on any atom is -0.496 e. The summed E-state index contributed by atoms with van der Waals surface area (Å²) >= 11 is 0. The molecule has 0 radical (unpaired) electrons. The van der Waals surface area contributed by atoms with Crippen LogP contribution in [0.3, 0.4) is 0 Å². The molecule has 1 aliphatic heterocycles. The lowest BCUT2D eigenvalue weighted by molar-refractivity contribution is 0.0710. The van der Waals surface area contributed by atoms with E-state index in [1.54, 1.807) is 24.3 Å². The maximum Gasteiger partial charge on any atom is 0.258 e. The molecular formula is C18H17F2NO3. The van der Waals surface area contributed by atoms with Crippen LogP contribution in [0.4, 0.5) is 8.78 Å². The molecule has 2 aromatic carbocycles. The predicted molar refractivity (Wildman–Crippen MR) is 83.8 cm³/mol. The largest absolute Gasteiger partial charge is 0.496 e. The third kappa shape index (κ3) is 2.97. The Labute approximate surface area is 138 Å². The Morgan fingerprint density at radius 2 is 2.00 bits per heavy atom. The Hall–Kier alpha value is -2.47. The number of amides is 1. The lowest BCUT2D eigenvalue weighted by Gasteiger charge is -2.25. The van der Waals surface area contributed by atoms with Gasteiger partial charge in [0, 0.05) is 12.1 Å². The summed E-state index contributed by atoms with van der Waals surface area (Å²) in [5, 5.41) is 9.97. The smallest absolute Gasteiger partial charge is 0.258 e. The van der Waals surface area contributed by atoms with Gasteiger partial charge in [-0.05, 0) is 36.8 Å². The molecule has 1 saturated heterocycles. The van der Waals surface area contributed by atoms with Gasteiger partial charge in [-0.2, -0.15) is 0 Å². The van der Waals surface area contributed by atoms with Crippen molar-refractivity contribution in [2.24, 2.45) is 0 Å². The number of nitrogens with zero attached hydrogens (tertiary/aromatic N) is 1. The van der Waals surface area contributed by atoms with Crippen LogP contribution in [0.5, 0.6) is 5.75 Å². The van der Waals surface area contributed by atoms with Crippen molar-refractivity contribution >= 4 is 5.91 Å². The first-order chi connectivity index (χ1) is 11.5. The molecule has 1 N–H and O–H groups in total. The Morgan fingerprint density at radius 1 is 1.25 bits per heavy atom. The van der Waals surface area contributed by atoms with Gasteiger partial charge in [0.1, 0.15) is 17.4 Å². The van der Waals surface area contributed by atoms with Crippen LogP contribution in [0, 0.1) is 11.6 Å². The maximum absolute atomic E-state index is 14.1. The van der Waals surface area contributed by atoms with Crippen LogP contribution in [0.1, 0.15) is 28.4 Å². The van der Waals surface area contributed by atoms with Gasteiger partial charge < -0.3 is 14.7 Å². The summed E-state index contributed by atoms with van der Waals surface area (Å²) in [6.07, 6.45) is -0.641. The number of hydrogen-bond donors (Lipinski definition) is 1. The summed E-state index contributed by atoms with van der Waals surface area (Å²) in [6.45, 7) is 0.0531. The number of benzene rings is 2. The van der Waals surface area contributed by atoms with E-state index in [0.717, 1.165) is 18.2 Å². The van der Waals surface area contributed by atoms with Gasteiger partial charge in [-0.25, -0.2) is 8.78 Å². The molecule has 6 heteroatoms. The van der Waals surface area contributed by atoms with Crippen molar-refractivity contribution < 1.29 is 23.4 Å². The van der Waals surface area contributed by atoms with Gasteiger partial charge in [0.2, 0.25) is 0 Å². The molecule has 2 aromatic rings. The first kappa shape index (κ1) is 16.4. The molecule has 0 bridgehead atoms. The van der Waals surface area contributed by atoms with Crippen LogP contribution in [0.2, 0.25) is 0 Å². The fourth-order valence-corrected chi connectivity index (χ4v) is 3.08. The average Bonchev–Trinajstić information content (AvgIpc) is 2.98. The summed E-state index contributed by atoms with van der Waals surface area (Å²) in [5.41, 5.74) is 0.380. The SMILES string of the molecule is COc1ccccc1C(=O)N1C[C@H](O)C[C@H]1c1cc(F)ccc1F. The fraction of sp³-hybridized carbons (Fsp3) is 0.278. The van der Waals surface area contributed by atoms with Crippen LogP contribution < -0.4 is 4.74 Å². The lowest BCUT2D eigenvalue weighted by atomic mass is 10.0. The maximum atomic E-state index is 14.1. The zero-order valence-corrected chi connectivity index (χ0v) is 13.1. The number of hydrogen-bond acceptors (Lipinski definition) is 3. The molecular weight excluding hydrogens is 316 g/mol. The Morgan fingerprint density at radius 3 is 2.75 bits per heavy atom. The van der Waals surface area contributed by atoms with E-state index in [1.165, 1.54) is 12.0 Å². The number of rotatable bonds is 3. The standard InChI is InChI=1S/C18H17F2NO3/c1-24-17-5-3-2-4-13(17)18(23)21-10-12(22)9-16(21)14-8-11(19)6-7-15(14)20/h2-8,12,16,22H,9-10H2,1H3/t12-,16+/m1/s1. The second-order valence-corrected chi connectivity index (χ2v) is 5.73. The van der Waals surface area contributed by atoms with E-state index in [9.17, 15) is 18.7 Å². The predicted octanol–water partition coefficient (Wildman–Crippen LogP) is 2.92. The summed E-state index contributed by atoms with van der Waals surface area (Å²) < 4.78 is 32.8. The molecule has 0 saturated carbocycles. The van der Waals surface area contributed by atoms with E-state index in [1.807, 2.05) is 0 Å². The summed E-state index contributed by atoms with van der Waals surface area (Å²) in [7, 11) is 1.45. The second-order valence-electron chi connectivity index (χ2n) is 5.73. The van der Waals surface area contributed by atoms with Crippen LogP contribution >= 0.6 is 0 Å². The average molecular weight is 333 g/mol. The molecule has 126 valence electrons.